The normalized spacial score (nSPS) is 21.8. The summed E-state index contributed by atoms with van der Waals surface area (Å²) < 4.78 is 26.7. The van der Waals surface area contributed by atoms with Gasteiger partial charge in [-0.1, -0.05) is 30.4 Å². The minimum Gasteiger partial charge on any atom is -0.480 e. The van der Waals surface area contributed by atoms with Gasteiger partial charge >= 0.3 is 13.7 Å². The Morgan fingerprint density at radius 3 is 2.75 bits per heavy atom. The molecule has 0 radical (unpaired) electrons. The van der Waals surface area contributed by atoms with E-state index in [0.29, 0.717) is 23.3 Å². The summed E-state index contributed by atoms with van der Waals surface area (Å²) in [5, 5.41) is 11.8. The zero-order chi connectivity index (χ0) is 25.3. The van der Waals surface area contributed by atoms with E-state index in [1.54, 1.807) is 36.7 Å². The van der Waals surface area contributed by atoms with E-state index in [2.05, 4.69) is 24.9 Å². The fourth-order valence-electron chi connectivity index (χ4n) is 4.19. The number of imidazole rings is 1. The van der Waals surface area contributed by atoms with Crippen LogP contribution in [0.3, 0.4) is 0 Å². The van der Waals surface area contributed by atoms with Crippen molar-refractivity contribution >= 4 is 36.6 Å². The third-order valence-corrected chi connectivity index (χ3v) is 7.88. The largest absolute Gasteiger partial charge is 0.480 e. The standard InChI is InChI=1S/C23H28N7O5P/c1-15(22(31)32)28-36(33,35-18-6-3-2-4-7-18)34-13-16-8-9-17(12-16)30-14-25-19-20(29-10-5-11-29)26-23(24)27-21(19)30/h2-4,6-9,14-17H,5,10-13H2,1H3,(H,28,33)(H,31,32)(H2,24,26,27)/t15?,16-,17+,36+/m1/s1. The highest BCUT2D eigenvalue weighted by molar-refractivity contribution is 7.52. The molecule has 3 aromatic rings. The molecule has 2 aromatic heterocycles. The maximum atomic E-state index is 13.4. The molecule has 4 atom stereocenters. The lowest BCUT2D eigenvalue weighted by Crippen LogP contribution is -2.38. The van der Waals surface area contributed by atoms with E-state index >= 15 is 0 Å². The lowest BCUT2D eigenvalue weighted by Gasteiger charge is -2.32. The van der Waals surface area contributed by atoms with Crippen LogP contribution in [0.2, 0.25) is 0 Å². The number of nitrogens with one attached hydrogen (secondary N) is 1. The van der Waals surface area contributed by atoms with Gasteiger partial charge in [-0.3, -0.25) is 9.32 Å². The molecule has 4 N–H and O–H groups in total. The van der Waals surface area contributed by atoms with Crippen LogP contribution in [0, 0.1) is 5.92 Å². The first-order valence-electron chi connectivity index (χ1n) is 11.7. The lowest BCUT2D eigenvalue weighted by atomic mass is 10.1. The van der Waals surface area contributed by atoms with Gasteiger partial charge in [-0.2, -0.15) is 15.1 Å². The predicted molar refractivity (Wildman–Crippen MR) is 134 cm³/mol. The number of anilines is 2. The van der Waals surface area contributed by atoms with Crippen LogP contribution < -0.4 is 20.2 Å². The molecule has 36 heavy (non-hydrogen) atoms. The Bertz CT molecular complexity index is 1330. The first-order chi connectivity index (χ1) is 17.3. The summed E-state index contributed by atoms with van der Waals surface area (Å²) in [5.74, 6) is 0.0109. The van der Waals surface area contributed by atoms with Crippen molar-refractivity contribution in [3.05, 3.63) is 48.8 Å². The summed E-state index contributed by atoms with van der Waals surface area (Å²) in [4.78, 5) is 26.9. The molecule has 1 saturated heterocycles. The number of allylic oxidation sites excluding steroid dienone is 1. The predicted octanol–water partition coefficient (Wildman–Crippen LogP) is 3.00. The Morgan fingerprint density at radius 2 is 2.06 bits per heavy atom. The van der Waals surface area contributed by atoms with Gasteiger partial charge in [-0.05, 0) is 31.9 Å². The number of para-hydroxylation sites is 1. The summed E-state index contributed by atoms with van der Waals surface area (Å²) >= 11 is 0. The zero-order valence-electron chi connectivity index (χ0n) is 19.7. The molecule has 1 aromatic carbocycles. The van der Waals surface area contributed by atoms with Crippen molar-refractivity contribution in [2.24, 2.45) is 5.92 Å². The molecule has 1 aliphatic carbocycles. The molecule has 1 aliphatic heterocycles. The number of nitrogens with zero attached hydrogens (tertiary/aromatic N) is 5. The first kappa shape index (κ1) is 24.2. The number of hydrogen-bond donors (Lipinski definition) is 3. The highest BCUT2D eigenvalue weighted by Crippen LogP contribution is 2.46. The molecule has 13 heteroatoms. The average Bonchev–Trinajstić information content (AvgIpc) is 3.44. The Balaban J connectivity index is 1.28. The quantitative estimate of drug-likeness (QED) is 0.270. The van der Waals surface area contributed by atoms with Gasteiger partial charge in [0, 0.05) is 19.0 Å². The number of benzene rings is 1. The summed E-state index contributed by atoms with van der Waals surface area (Å²) in [7, 11) is -3.97. The molecular weight excluding hydrogens is 485 g/mol. The van der Waals surface area contributed by atoms with Crippen molar-refractivity contribution in [1.82, 2.24) is 24.6 Å². The Labute approximate surface area is 207 Å². The monoisotopic (exact) mass is 513 g/mol. The number of aromatic nitrogens is 4. The van der Waals surface area contributed by atoms with Crippen molar-refractivity contribution in [3.8, 4) is 5.75 Å². The molecule has 0 bridgehead atoms. The van der Waals surface area contributed by atoms with Crippen molar-refractivity contribution in [1.29, 1.82) is 0 Å². The number of hydrogen-bond acceptors (Lipinski definition) is 9. The van der Waals surface area contributed by atoms with Crippen LogP contribution in [0.5, 0.6) is 5.75 Å². The summed E-state index contributed by atoms with van der Waals surface area (Å²) in [6.07, 6.45) is 7.49. The van der Waals surface area contributed by atoms with Gasteiger partial charge in [0.2, 0.25) is 5.95 Å². The maximum absolute atomic E-state index is 13.4. The second-order valence-corrected chi connectivity index (χ2v) is 10.6. The van der Waals surface area contributed by atoms with Gasteiger partial charge in [0.05, 0.1) is 19.0 Å². The van der Waals surface area contributed by atoms with Gasteiger partial charge in [-0.15, -0.1) is 0 Å². The van der Waals surface area contributed by atoms with Crippen molar-refractivity contribution in [2.75, 3.05) is 30.3 Å². The minimum atomic E-state index is -3.97. The maximum Gasteiger partial charge on any atom is 0.459 e. The Kier molecular flexibility index (Phi) is 6.65. The number of carbonyl (C=O) groups is 1. The van der Waals surface area contributed by atoms with Gasteiger partial charge < -0.3 is 24.8 Å². The number of rotatable bonds is 10. The van der Waals surface area contributed by atoms with Gasteiger partial charge in [0.25, 0.3) is 0 Å². The van der Waals surface area contributed by atoms with E-state index in [4.69, 9.17) is 14.8 Å². The third kappa shape index (κ3) is 5.06. The molecule has 0 amide bonds. The molecule has 12 nitrogen and oxygen atoms in total. The first-order valence-corrected chi connectivity index (χ1v) is 13.3. The van der Waals surface area contributed by atoms with Crippen molar-refractivity contribution in [2.45, 2.75) is 31.8 Å². The summed E-state index contributed by atoms with van der Waals surface area (Å²) in [5.41, 5.74) is 7.37. The molecule has 0 spiro atoms. The highest BCUT2D eigenvalue weighted by Gasteiger charge is 2.33. The number of aliphatic carboxylic acids is 1. The molecule has 0 saturated carbocycles. The topological polar surface area (TPSA) is 158 Å². The second-order valence-electron chi connectivity index (χ2n) is 8.90. The number of nitrogen functional groups attached to an aromatic ring is 1. The third-order valence-electron chi connectivity index (χ3n) is 6.23. The fourth-order valence-corrected chi connectivity index (χ4v) is 5.74. The van der Waals surface area contributed by atoms with Crippen LogP contribution >= 0.6 is 7.75 Å². The molecule has 190 valence electrons. The molecule has 2 aliphatic rings. The van der Waals surface area contributed by atoms with E-state index in [0.717, 1.165) is 25.3 Å². The molecule has 5 rings (SSSR count). The lowest BCUT2D eigenvalue weighted by molar-refractivity contribution is -0.138. The fraction of sp³-hybridized carbons (Fsp3) is 0.391. The molecule has 1 fully saturated rings. The number of carboxylic acid groups (broad SMARTS) is 1. The van der Waals surface area contributed by atoms with Crippen LogP contribution in [-0.2, 0) is 13.9 Å². The molecule has 3 heterocycles. The zero-order valence-corrected chi connectivity index (χ0v) is 20.6. The highest BCUT2D eigenvalue weighted by atomic mass is 31.2. The smallest absolute Gasteiger partial charge is 0.459 e. The van der Waals surface area contributed by atoms with Gasteiger partial charge in [-0.25, -0.2) is 9.55 Å². The van der Waals surface area contributed by atoms with Crippen molar-refractivity contribution < 1.29 is 23.5 Å². The van der Waals surface area contributed by atoms with Crippen molar-refractivity contribution in [3.63, 3.8) is 0 Å². The van der Waals surface area contributed by atoms with E-state index in [9.17, 15) is 14.5 Å². The van der Waals surface area contributed by atoms with Gasteiger partial charge in [0.1, 0.15) is 11.8 Å². The number of carboxylic acids is 1. The molecule has 1 unspecified atom stereocenters. The molecular formula is C23H28N7O5P. The van der Waals surface area contributed by atoms with Crippen LogP contribution in [0.1, 0.15) is 25.8 Å². The summed E-state index contributed by atoms with van der Waals surface area (Å²) in [6, 6.07) is 7.31. The second kappa shape index (κ2) is 9.88. The van der Waals surface area contributed by atoms with E-state index < -0.39 is 19.8 Å². The van der Waals surface area contributed by atoms with Crippen LogP contribution in [0.25, 0.3) is 11.2 Å². The minimum absolute atomic E-state index is 0.0533. The number of nitrogens with two attached hydrogens (primary N) is 1. The number of fused-ring (bicyclic) bond motifs is 1. The van der Waals surface area contributed by atoms with Gasteiger partial charge in [0.15, 0.2) is 17.0 Å². The van der Waals surface area contributed by atoms with E-state index in [1.165, 1.54) is 6.92 Å². The van der Waals surface area contributed by atoms with E-state index in [-0.39, 0.29) is 24.5 Å². The average molecular weight is 513 g/mol. The van der Waals surface area contributed by atoms with E-state index in [1.807, 2.05) is 16.7 Å². The van der Waals surface area contributed by atoms with Crippen LogP contribution in [0.15, 0.2) is 48.8 Å². The Hall–Kier alpha value is -3.47. The summed E-state index contributed by atoms with van der Waals surface area (Å²) in [6.45, 7) is 3.28. The SMILES string of the molecule is CC(N[P@](=O)(OC[C@@H]1C=C[C@H](n2cnc3c(N4CCC4)nc(N)nc32)C1)Oc1ccccc1)C(=O)O. The Morgan fingerprint density at radius 1 is 1.28 bits per heavy atom. The van der Waals surface area contributed by atoms with Crippen LogP contribution in [-0.4, -0.2) is 56.3 Å². The van der Waals surface area contributed by atoms with Crippen LogP contribution in [0.4, 0.5) is 11.8 Å².